The number of nitro benzene ring substituents is 1. The number of halogens is 2. The smallest absolute Gasteiger partial charge is 0.335 e. The maximum atomic E-state index is 13.4. The third-order valence-electron chi connectivity index (χ3n) is 6.04. The van der Waals surface area contributed by atoms with E-state index < -0.39 is 22.8 Å². The average Bonchev–Trinajstić information content (AvgIpc) is 2.91. The van der Waals surface area contributed by atoms with Crippen molar-refractivity contribution >= 4 is 69.3 Å². The van der Waals surface area contributed by atoms with E-state index in [0.29, 0.717) is 32.3 Å². The SMILES string of the molecule is O=C1NC(=O)N(c2ccc([N+](=O)[O-])cc2)C(=O)/C1=C/c1c(OCc2ccc(Cl)cc2Cl)ccc2ccccc12. The van der Waals surface area contributed by atoms with Gasteiger partial charge < -0.3 is 4.74 Å². The number of hydrogen-bond donors (Lipinski definition) is 1. The van der Waals surface area contributed by atoms with Gasteiger partial charge in [-0.25, -0.2) is 9.69 Å². The average molecular weight is 562 g/mol. The maximum absolute atomic E-state index is 13.4. The van der Waals surface area contributed by atoms with Crippen LogP contribution in [0.2, 0.25) is 10.0 Å². The molecule has 4 amide bonds. The molecule has 1 heterocycles. The summed E-state index contributed by atoms with van der Waals surface area (Å²) in [5.41, 5.74) is 0.643. The van der Waals surface area contributed by atoms with Crippen molar-refractivity contribution in [2.45, 2.75) is 6.61 Å². The first kappa shape index (κ1) is 25.9. The number of fused-ring (bicyclic) bond motifs is 1. The number of rotatable bonds is 6. The van der Waals surface area contributed by atoms with Crippen molar-refractivity contribution in [3.63, 3.8) is 0 Å². The van der Waals surface area contributed by atoms with Gasteiger partial charge in [-0.3, -0.25) is 25.0 Å². The first-order valence-electron chi connectivity index (χ1n) is 11.5. The highest BCUT2D eigenvalue weighted by Gasteiger charge is 2.37. The largest absolute Gasteiger partial charge is 0.488 e. The predicted octanol–water partition coefficient (Wildman–Crippen LogP) is 6.30. The summed E-state index contributed by atoms with van der Waals surface area (Å²) in [6, 6.07) is 19.8. The number of carbonyl (C=O) groups is 3. The van der Waals surface area contributed by atoms with Crippen molar-refractivity contribution < 1.29 is 24.0 Å². The molecule has 1 aliphatic heterocycles. The number of imide groups is 2. The maximum Gasteiger partial charge on any atom is 0.335 e. The summed E-state index contributed by atoms with van der Waals surface area (Å²) in [7, 11) is 0. The molecule has 9 nitrogen and oxygen atoms in total. The lowest BCUT2D eigenvalue weighted by Gasteiger charge is -2.26. The fourth-order valence-corrected chi connectivity index (χ4v) is 4.57. The Hall–Kier alpha value is -4.73. The van der Waals surface area contributed by atoms with Gasteiger partial charge in [0.2, 0.25) is 0 Å². The van der Waals surface area contributed by atoms with E-state index >= 15 is 0 Å². The standard InChI is InChI=1S/C28H17Cl2N3O6/c29-18-7-5-17(24(30)13-18)15-39-25-12-6-16-3-1-2-4-21(16)22(25)14-23-26(34)31-28(36)32(27(23)35)19-8-10-20(11-9-19)33(37)38/h1-14H,15H2,(H,31,34,36)/b23-14+. The van der Waals surface area contributed by atoms with Gasteiger partial charge in [0.25, 0.3) is 17.5 Å². The first-order chi connectivity index (χ1) is 18.7. The van der Waals surface area contributed by atoms with Gasteiger partial charge in [-0.2, -0.15) is 0 Å². The summed E-state index contributed by atoms with van der Waals surface area (Å²) in [6.07, 6.45) is 1.36. The minimum absolute atomic E-state index is 0.0632. The Balaban J connectivity index is 1.56. The van der Waals surface area contributed by atoms with Gasteiger partial charge in [0.05, 0.1) is 10.6 Å². The monoisotopic (exact) mass is 561 g/mol. The van der Waals surface area contributed by atoms with Crippen LogP contribution in [0.15, 0.2) is 84.4 Å². The van der Waals surface area contributed by atoms with Crippen LogP contribution >= 0.6 is 23.2 Å². The van der Waals surface area contributed by atoms with E-state index in [1.54, 1.807) is 30.3 Å². The van der Waals surface area contributed by atoms with Crippen molar-refractivity contribution in [3.05, 3.63) is 116 Å². The molecule has 1 aliphatic rings. The molecule has 11 heteroatoms. The Morgan fingerprint density at radius 2 is 1.69 bits per heavy atom. The van der Waals surface area contributed by atoms with Crippen molar-refractivity contribution in [2.75, 3.05) is 4.90 Å². The Kier molecular flexibility index (Phi) is 7.02. The number of nitrogens with zero attached hydrogens (tertiary/aromatic N) is 2. The second kappa shape index (κ2) is 10.6. The fourth-order valence-electron chi connectivity index (χ4n) is 4.10. The second-order valence-electron chi connectivity index (χ2n) is 8.45. The van der Waals surface area contributed by atoms with Crippen molar-refractivity contribution in [3.8, 4) is 5.75 Å². The van der Waals surface area contributed by atoms with E-state index in [-0.39, 0.29) is 23.6 Å². The zero-order valence-electron chi connectivity index (χ0n) is 19.9. The molecule has 1 saturated heterocycles. The molecular formula is C28H17Cl2N3O6. The Morgan fingerprint density at radius 3 is 2.41 bits per heavy atom. The number of benzene rings is 4. The molecule has 0 aromatic heterocycles. The molecule has 0 atom stereocenters. The Labute approximate surface area is 231 Å². The molecule has 194 valence electrons. The lowest BCUT2D eigenvalue weighted by atomic mass is 9.99. The quantitative estimate of drug-likeness (QED) is 0.128. The number of carbonyl (C=O) groups excluding carboxylic acids is 3. The molecule has 0 radical (unpaired) electrons. The number of amides is 4. The van der Waals surface area contributed by atoms with Crippen LogP contribution in [0.4, 0.5) is 16.2 Å². The van der Waals surface area contributed by atoms with Crippen LogP contribution in [-0.4, -0.2) is 22.8 Å². The third-order valence-corrected chi connectivity index (χ3v) is 6.62. The number of urea groups is 1. The molecule has 0 spiro atoms. The molecule has 39 heavy (non-hydrogen) atoms. The summed E-state index contributed by atoms with van der Waals surface area (Å²) in [5, 5.41) is 15.6. The minimum Gasteiger partial charge on any atom is -0.488 e. The second-order valence-corrected chi connectivity index (χ2v) is 9.30. The molecule has 0 bridgehead atoms. The van der Waals surface area contributed by atoms with Gasteiger partial charge in [-0.05, 0) is 47.2 Å². The van der Waals surface area contributed by atoms with Crippen LogP contribution in [0.25, 0.3) is 16.8 Å². The van der Waals surface area contributed by atoms with E-state index in [1.807, 2.05) is 24.3 Å². The lowest BCUT2D eigenvalue weighted by Crippen LogP contribution is -2.54. The molecule has 4 aromatic carbocycles. The zero-order valence-corrected chi connectivity index (χ0v) is 21.4. The molecule has 5 rings (SSSR count). The molecular weight excluding hydrogens is 545 g/mol. The number of nitro groups is 1. The van der Waals surface area contributed by atoms with Crippen LogP contribution < -0.4 is 15.0 Å². The van der Waals surface area contributed by atoms with Crippen LogP contribution in [0.3, 0.4) is 0 Å². The normalized spacial score (nSPS) is 14.6. The van der Waals surface area contributed by atoms with Gasteiger partial charge in [0.15, 0.2) is 0 Å². The van der Waals surface area contributed by atoms with Crippen LogP contribution in [0.1, 0.15) is 11.1 Å². The molecule has 0 unspecified atom stereocenters. The molecule has 1 N–H and O–H groups in total. The summed E-state index contributed by atoms with van der Waals surface area (Å²) in [6.45, 7) is 0.0814. The summed E-state index contributed by atoms with van der Waals surface area (Å²) in [4.78, 5) is 50.0. The van der Waals surface area contributed by atoms with Crippen LogP contribution in [0, 0.1) is 10.1 Å². The van der Waals surface area contributed by atoms with Crippen LogP contribution in [0.5, 0.6) is 5.75 Å². The highest BCUT2D eigenvalue weighted by Crippen LogP contribution is 2.33. The zero-order chi connectivity index (χ0) is 27.7. The number of anilines is 1. The highest BCUT2D eigenvalue weighted by atomic mass is 35.5. The van der Waals surface area contributed by atoms with E-state index in [2.05, 4.69) is 5.32 Å². The summed E-state index contributed by atoms with van der Waals surface area (Å²) in [5.74, 6) is -1.41. The van der Waals surface area contributed by atoms with Gasteiger partial charge in [-0.1, -0.05) is 59.6 Å². The Bertz CT molecular complexity index is 1700. The van der Waals surface area contributed by atoms with E-state index in [0.717, 1.165) is 22.4 Å². The van der Waals surface area contributed by atoms with Gasteiger partial charge >= 0.3 is 6.03 Å². The molecule has 1 fully saturated rings. The fraction of sp³-hybridized carbons (Fsp3) is 0.0357. The van der Waals surface area contributed by atoms with Gasteiger partial charge in [0.1, 0.15) is 17.9 Å². The van der Waals surface area contributed by atoms with Crippen molar-refractivity contribution in [1.82, 2.24) is 5.32 Å². The molecule has 0 saturated carbocycles. The van der Waals surface area contributed by atoms with Crippen molar-refractivity contribution in [2.24, 2.45) is 0 Å². The highest BCUT2D eigenvalue weighted by molar-refractivity contribution is 6.39. The van der Waals surface area contributed by atoms with Crippen molar-refractivity contribution in [1.29, 1.82) is 0 Å². The summed E-state index contributed by atoms with van der Waals surface area (Å²) < 4.78 is 6.07. The van der Waals surface area contributed by atoms with E-state index in [4.69, 9.17) is 27.9 Å². The van der Waals surface area contributed by atoms with E-state index in [9.17, 15) is 24.5 Å². The molecule has 0 aliphatic carbocycles. The predicted molar refractivity (Wildman–Crippen MR) is 147 cm³/mol. The van der Waals surface area contributed by atoms with Gasteiger partial charge in [0, 0.05) is 33.3 Å². The number of ether oxygens (including phenoxy) is 1. The number of nitrogens with one attached hydrogen (secondary N) is 1. The topological polar surface area (TPSA) is 119 Å². The minimum atomic E-state index is -0.970. The number of barbiturate groups is 1. The third kappa shape index (κ3) is 5.18. The first-order valence-corrected chi connectivity index (χ1v) is 12.2. The molecule has 4 aromatic rings. The van der Waals surface area contributed by atoms with E-state index in [1.165, 1.54) is 18.2 Å². The lowest BCUT2D eigenvalue weighted by molar-refractivity contribution is -0.384. The van der Waals surface area contributed by atoms with Crippen LogP contribution in [-0.2, 0) is 16.2 Å². The number of hydrogen-bond acceptors (Lipinski definition) is 6. The number of non-ortho nitro benzene ring substituents is 1. The van der Waals surface area contributed by atoms with Gasteiger partial charge in [-0.15, -0.1) is 0 Å². The Morgan fingerprint density at radius 1 is 0.949 bits per heavy atom. The summed E-state index contributed by atoms with van der Waals surface area (Å²) >= 11 is 12.3.